The minimum atomic E-state index is -0.433. The number of nitrogens with one attached hydrogen (secondary N) is 1. The zero-order valence-corrected chi connectivity index (χ0v) is 16.3. The SMILES string of the molecule is CCC(C#N)Oc1cccc(CNc2nc(-c3ccncc3)nc(C)c2C)c1. The van der Waals surface area contributed by atoms with E-state index in [9.17, 15) is 0 Å². The number of hydrogen-bond acceptors (Lipinski definition) is 6. The summed E-state index contributed by atoms with van der Waals surface area (Å²) in [5.41, 5.74) is 3.92. The first-order chi connectivity index (χ1) is 13.6. The van der Waals surface area contributed by atoms with Crippen LogP contribution in [-0.4, -0.2) is 21.1 Å². The third-order valence-electron chi connectivity index (χ3n) is 4.48. The normalized spacial score (nSPS) is 11.5. The van der Waals surface area contributed by atoms with Crippen LogP contribution < -0.4 is 10.1 Å². The first-order valence-corrected chi connectivity index (χ1v) is 9.25. The van der Waals surface area contributed by atoms with E-state index in [4.69, 9.17) is 15.0 Å². The van der Waals surface area contributed by atoms with Gasteiger partial charge in [-0.2, -0.15) is 5.26 Å². The van der Waals surface area contributed by atoms with Crippen molar-refractivity contribution in [3.8, 4) is 23.2 Å². The number of aryl methyl sites for hydroxylation is 1. The molecule has 0 bridgehead atoms. The van der Waals surface area contributed by atoms with Crippen LogP contribution in [-0.2, 0) is 6.54 Å². The average molecular weight is 373 g/mol. The highest BCUT2D eigenvalue weighted by molar-refractivity contribution is 5.59. The van der Waals surface area contributed by atoms with Gasteiger partial charge in [0.05, 0.1) is 0 Å². The van der Waals surface area contributed by atoms with Gasteiger partial charge in [0.2, 0.25) is 0 Å². The maximum atomic E-state index is 9.08. The summed E-state index contributed by atoms with van der Waals surface area (Å²) in [5.74, 6) is 2.17. The van der Waals surface area contributed by atoms with E-state index in [1.807, 2.05) is 57.2 Å². The zero-order valence-electron chi connectivity index (χ0n) is 16.3. The van der Waals surface area contributed by atoms with Crippen LogP contribution in [0.3, 0.4) is 0 Å². The van der Waals surface area contributed by atoms with Gasteiger partial charge in [-0.1, -0.05) is 19.1 Å². The minimum absolute atomic E-state index is 0.433. The quantitative estimate of drug-likeness (QED) is 0.659. The van der Waals surface area contributed by atoms with Crippen molar-refractivity contribution in [1.82, 2.24) is 15.0 Å². The van der Waals surface area contributed by atoms with E-state index in [1.165, 1.54) is 0 Å². The topological polar surface area (TPSA) is 83.7 Å². The molecule has 0 fully saturated rings. The zero-order chi connectivity index (χ0) is 19.9. The lowest BCUT2D eigenvalue weighted by atomic mass is 10.2. The molecule has 0 radical (unpaired) electrons. The van der Waals surface area contributed by atoms with Gasteiger partial charge in [-0.3, -0.25) is 4.98 Å². The second kappa shape index (κ2) is 8.96. The van der Waals surface area contributed by atoms with Crippen LogP contribution in [0.2, 0.25) is 0 Å². The predicted octanol–water partition coefficient (Wildman–Crippen LogP) is 4.45. The van der Waals surface area contributed by atoms with Crippen molar-refractivity contribution < 1.29 is 4.74 Å². The third-order valence-corrected chi connectivity index (χ3v) is 4.48. The largest absolute Gasteiger partial charge is 0.476 e. The van der Waals surface area contributed by atoms with Crippen LogP contribution in [0, 0.1) is 25.2 Å². The molecule has 0 aliphatic carbocycles. The van der Waals surface area contributed by atoms with Gasteiger partial charge in [0, 0.05) is 35.8 Å². The standard InChI is InChI=1S/C22H23N5O/c1-4-19(13-23)28-20-7-5-6-17(12-20)14-25-21-15(2)16(3)26-22(27-21)18-8-10-24-11-9-18/h5-12,19H,4,14H2,1-3H3,(H,25,26,27). The Morgan fingerprint density at radius 3 is 2.64 bits per heavy atom. The fraction of sp³-hybridized carbons (Fsp3) is 0.273. The third kappa shape index (κ3) is 4.63. The van der Waals surface area contributed by atoms with E-state index in [2.05, 4.69) is 21.4 Å². The molecule has 0 spiro atoms. The molecule has 0 saturated carbocycles. The van der Waals surface area contributed by atoms with E-state index >= 15 is 0 Å². The van der Waals surface area contributed by atoms with Crippen molar-refractivity contribution in [3.63, 3.8) is 0 Å². The van der Waals surface area contributed by atoms with E-state index < -0.39 is 6.10 Å². The Bertz CT molecular complexity index is 982. The number of nitriles is 1. The summed E-state index contributed by atoms with van der Waals surface area (Å²) in [7, 11) is 0. The highest BCUT2D eigenvalue weighted by Gasteiger charge is 2.10. The number of ether oxygens (including phenoxy) is 1. The molecule has 0 saturated heterocycles. The van der Waals surface area contributed by atoms with E-state index in [1.54, 1.807) is 12.4 Å². The fourth-order valence-electron chi connectivity index (χ4n) is 2.71. The predicted molar refractivity (Wildman–Crippen MR) is 109 cm³/mol. The summed E-state index contributed by atoms with van der Waals surface area (Å²) >= 11 is 0. The van der Waals surface area contributed by atoms with Crippen LogP contribution in [0.4, 0.5) is 5.82 Å². The smallest absolute Gasteiger partial charge is 0.184 e. The number of nitrogens with zero attached hydrogens (tertiary/aromatic N) is 4. The molecule has 28 heavy (non-hydrogen) atoms. The van der Waals surface area contributed by atoms with Crippen molar-refractivity contribution in [2.75, 3.05) is 5.32 Å². The molecule has 142 valence electrons. The van der Waals surface area contributed by atoms with E-state index in [0.29, 0.717) is 24.5 Å². The van der Waals surface area contributed by atoms with Crippen LogP contribution in [0.25, 0.3) is 11.4 Å². The van der Waals surface area contributed by atoms with Crippen molar-refractivity contribution in [3.05, 3.63) is 65.6 Å². The lowest BCUT2D eigenvalue weighted by molar-refractivity contribution is 0.251. The number of hydrogen-bond donors (Lipinski definition) is 1. The van der Waals surface area contributed by atoms with Gasteiger partial charge in [0.25, 0.3) is 0 Å². The maximum Gasteiger partial charge on any atom is 0.184 e. The van der Waals surface area contributed by atoms with E-state index in [0.717, 1.165) is 28.2 Å². The molecule has 1 unspecified atom stereocenters. The summed E-state index contributed by atoms with van der Waals surface area (Å²) < 4.78 is 5.70. The number of rotatable bonds is 7. The summed E-state index contributed by atoms with van der Waals surface area (Å²) in [6.45, 7) is 6.51. The fourth-order valence-corrected chi connectivity index (χ4v) is 2.71. The highest BCUT2D eigenvalue weighted by Crippen LogP contribution is 2.22. The summed E-state index contributed by atoms with van der Waals surface area (Å²) in [6, 6.07) is 13.7. The van der Waals surface area contributed by atoms with Crippen molar-refractivity contribution in [2.24, 2.45) is 0 Å². The molecule has 1 N–H and O–H groups in total. The van der Waals surface area contributed by atoms with Crippen LogP contribution in [0.15, 0.2) is 48.8 Å². The van der Waals surface area contributed by atoms with Gasteiger partial charge < -0.3 is 10.1 Å². The number of benzene rings is 1. The Labute approximate surface area is 165 Å². The summed E-state index contributed by atoms with van der Waals surface area (Å²) in [4.78, 5) is 13.3. The van der Waals surface area contributed by atoms with Crippen LogP contribution >= 0.6 is 0 Å². The Morgan fingerprint density at radius 1 is 1.14 bits per heavy atom. The molecule has 3 aromatic rings. The molecule has 2 aromatic heterocycles. The Balaban J connectivity index is 1.78. The van der Waals surface area contributed by atoms with Crippen molar-refractivity contribution in [1.29, 1.82) is 5.26 Å². The lowest BCUT2D eigenvalue weighted by Crippen LogP contribution is -2.12. The van der Waals surface area contributed by atoms with Gasteiger partial charge in [-0.05, 0) is 50.1 Å². The van der Waals surface area contributed by atoms with Crippen molar-refractivity contribution in [2.45, 2.75) is 39.8 Å². The molecular formula is C22H23N5O. The molecule has 0 aliphatic heterocycles. The molecule has 1 aromatic carbocycles. The van der Waals surface area contributed by atoms with Gasteiger partial charge in [0.15, 0.2) is 11.9 Å². The van der Waals surface area contributed by atoms with Crippen LogP contribution in [0.5, 0.6) is 5.75 Å². The molecule has 2 heterocycles. The average Bonchev–Trinajstić information content (AvgIpc) is 2.74. The molecule has 6 heteroatoms. The first-order valence-electron chi connectivity index (χ1n) is 9.25. The lowest BCUT2D eigenvalue weighted by Gasteiger charge is -2.14. The number of pyridine rings is 1. The monoisotopic (exact) mass is 373 g/mol. The number of aromatic nitrogens is 3. The molecular weight excluding hydrogens is 350 g/mol. The Morgan fingerprint density at radius 2 is 1.93 bits per heavy atom. The van der Waals surface area contributed by atoms with Gasteiger partial charge in [0.1, 0.15) is 17.6 Å². The van der Waals surface area contributed by atoms with Gasteiger partial charge >= 0.3 is 0 Å². The van der Waals surface area contributed by atoms with Crippen LogP contribution in [0.1, 0.15) is 30.2 Å². The summed E-state index contributed by atoms with van der Waals surface area (Å²) in [6.07, 6.45) is 3.68. The molecule has 6 nitrogen and oxygen atoms in total. The van der Waals surface area contributed by atoms with E-state index in [-0.39, 0.29) is 0 Å². The maximum absolute atomic E-state index is 9.08. The van der Waals surface area contributed by atoms with Gasteiger partial charge in [-0.25, -0.2) is 9.97 Å². The van der Waals surface area contributed by atoms with Gasteiger partial charge in [-0.15, -0.1) is 0 Å². The number of anilines is 1. The first kappa shape index (κ1) is 19.3. The highest BCUT2D eigenvalue weighted by atomic mass is 16.5. The molecule has 3 rings (SSSR count). The minimum Gasteiger partial charge on any atom is -0.476 e. The summed E-state index contributed by atoms with van der Waals surface area (Å²) in [5, 5.41) is 12.5. The van der Waals surface area contributed by atoms with Crippen molar-refractivity contribution >= 4 is 5.82 Å². The Hall–Kier alpha value is -3.46. The Kier molecular flexibility index (Phi) is 6.18. The second-order valence-corrected chi connectivity index (χ2v) is 6.49. The second-order valence-electron chi connectivity index (χ2n) is 6.49. The molecule has 1 atom stereocenters. The molecule has 0 aliphatic rings. The molecule has 0 amide bonds.